The zero-order valence-corrected chi connectivity index (χ0v) is 29.0. The lowest BCUT2D eigenvalue weighted by Crippen LogP contribution is -2.05. The zero-order valence-electron chi connectivity index (χ0n) is 29.0. The smallest absolute Gasteiger partial charge is 0.416 e. The molecule has 14 heteroatoms. The second-order valence-electron chi connectivity index (χ2n) is 13.6. The van der Waals surface area contributed by atoms with Gasteiger partial charge in [0.2, 0.25) is 0 Å². The van der Waals surface area contributed by atoms with Crippen LogP contribution < -0.4 is 0 Å². The van der Waals surface area contributed by atoms with Gasteiger partial charge >= 0.3 is 24.7 Å². The highest BCUT2D eigenvalue weighted by Crippen LogP contribution is 2.57. The molecule has 0 aliphatic rings. The van der Waals surface area contributed by atoms with Crippen LogP contribution in [0, 0.1) is 0 Å². The van der Waals surface area contributed by atoms with Crippen molar-refractivity contribution >= 4 is 32.3 Å². The molecule has 2 N–H and O–H groups in total. The molecular formula is C44H22F12O2. The van der Waals surface area contributed by atoms with E-state index < -0.39 is 52.7 Å². The van der Waals surface area contributed by atoms with Crippen molar-refractivity contribution in [2.45, 2.75) is 24.7 Å². The first-order valence-corrected chi connectivity index (χ1v) is 17.1. The first kappa shape index (κ1) is 38.4. The molecule has 2 nitrogen and oxygen atoms in total. The van der Waals surface area contributed by atoms with Gasteiger partial charge in [-0.25, -0.2) is 0 Å². The molecule has 8 aromatic rings. The Hall–Kier alpha value is -6.44. The van der Waals surface area contributed by atoms with Gasteiger partial charge in [-0.15, -0.1) is 0 Å². The van der Waals surface area contributed by atoms with Gasteiger partial charge in [-0.1, -0.05) is 60.7 Å². The fourth-order valence-corrected chi connectivity index (χ4v) is 7.59. The molecule has 0 aromatic heterocycles. The van der Waals surface area contributed by atoms with E-state index in [1.54, 1.807) is 0 Å². The Bertz CT molecular complexity index is 2850. The third-order valence-electron chi connectivity index (χ3n) is 10.1. The van der Waals surface area contributed by atoms with Crippen LogP contribution in [0.2, 0.25) is 0 Å². The lowest BCUT2D eigenvalue weighted by Gasteiger charge is -2.26. The molecule has 0 heterocycles. The highest BCUT2D eigenvalue weighted by atomic mass is 19.4. The Balaban J connectivity index is 1.62. The average molecular weight is 811 g/mol. The van der Waals surface area contributed by atoms with E-state index in [0.29, 0.717) is 10.8 Å². The van der Waals surface area contributed by atoms with E-state index in [-0.39, 0.29) is 71.8 Å². The second-order valence-corrected chi connectivity index (χ2v) is 13.6. The molecule has 0 bridgehead atoms. The summed E-state index contributed by atoms with van der Waals surface area (Å²) < 4.78 is 165. The van der Waals surface area contributed by atoms with Crippen molar-refractivity contribution in [1.29, 1.82) is 0 Å². The number of phenols is 2. The van der Waals surface area contributed by atoms with Crippen LogP contribution in [-0.2, 0) is 24.7 Å². The molecule has 0 aliphatic heterocycles. The van der Waals surface area contributed by atoms with Gasteiger partial charge in [0.25, 0.3) is 0 Å². The molecule has 0 atom stereocenters. The van der Waals surface area contributed by atoms with E-state index in [1.165, 1.54) is 24.3 Å². The fraction of sp³-hybridized carbons (Fsp3) is 0.0909. The van der Waals surface area contributed by atoms with Crippen LogP contribution in [0.1, 0.15) is 22.3 Å². The molecule has 0 saturated heterocycles. The molecule has 0 spiro atoms. The molecule has 0 unspecified atom stereocenters. The lowest BCUT2D eigenvalue weighted by molar-refractivity contribution is -0.138. The van der Waals surface area contributed by atoms with Crippen LogP contribution in [0.4, 0.5) is 52.7 Å². The van der Waals surface area contributed by atoms with Gasteiger partial charge in [0.05, 0.1) is 22.3 Å². The first-order valence-electron chi connectivity index (χ1n) is 17.1. The number of benzene rings is 8. The quantitative estimate of drug-likeness (QED) is 0.137. The number of phenolic OH excluding ortho intramolecular Hbond substituents is 2. The molecule has 8 aromatic carbocycles. The average Bonchev–Trinajstić information content (AvgIpc) is 3.15. The maximum Gasteiger partial charge on any atom is 0.416 e. The minimum absolute atomic E-state index is 0.0215. The standard InChI is InChI=1S/C44H22F12O2/c45-41(46,47)26-10-1-21(2-11-26)33-32-20-30(57)19-25-9-18-31-35(22-3-12-27(13-4-22)42(48,49)50)40(58)37(24-7-16-29(17-8-24)44(54,55)56)39(38(31)34(25)32)36(33)23-5-14-28(15-6-23)43(51,52)53/h1-20,57-58H. The summed E-state index contributed by atoms with van der Waals surface area (Å²) in [5, 5.41) is 24.7. The van der Waals surface area contributed by atoms with E-state index in [9.17, 15) is 62.9 Å². The number of halogens is 12. The van der Waals surface area contributed by atoms with Crippen LogP contribution in [0.3, 0.4) is 0 Å². The molecule has 0 fully saturated rings. The van der Waals surface area contributed by atoms with Gasteiger partial charge < -0.3 is 10.2 Å². The summed E-state index contributed by atoms with van der Waals surface area (Å²) >= 11 is 0. The zero-order chi connectivity index (χ0) is 41.7. The lowest BCUT2D eigenvalue weighted by atomic mass is 9.77. The second kappa shape index (κ2) is 13.0. The topological polar surface area (TPSA) is 40.5 Å². The molecule has 58 heavy (non-hydrogen) atoms. The van der Waals surface area contributed by atoms with E-state index in [4.69, 9.17) is 0 Å². The first-order chi connectivity index (χ1) is 27.1. The summed E-state index contributed by atoms with van der Waals surface area (Å²) in [6.07, 6.45) is -19.1. The maximum atomic E-state index is 13.9. The monoisotopic (exact) mass is 810 g/mol. The van der Waals surface area contributed by atoms with Crippen molar-refractivity contribution in [3.05, 3.63) is 144 Å². The largest absolute Gasteiger partial charge is 0.508 e. The Morgan fingerprint density at radius 2 is 0.672 bits per heavy atom. The number of hydrogen-bond acceptors (Lipinski definition) is 2. The SMILES string of the molecule is Oc1cc2ccc3c(-c4ccc(C(F)(F)F)cc4)c(O)c(-c4ccc(C(F)(F)F)cc4)c4c(-c5ccc(C(F)(F)F)cc5)c(-c5ccc(C(F)(F)F)cc5)c(c1)c2c34. The Morgan fingerprint density at radius 3 is 1.07 bits per heavy atom. The van der Waals surface area contributed by atoms with E-state index in [2.05, 4.69) is 0 Å². The fourth-order valence-electron chi connectivity index (χ4n) is 7.59. The third-order valence-corrected chi connectivity index (χ3v) is 10.1. The van der Waals surface area contributed by atoms with Crippen molar-refractivity contribution in [3.63, 3.8) is 0 Å². The molecular weight excluding hydrogens is 788 g/mol. The van der Waals surface area contributed by atoms with Gasteiger partial charge in [-0.3, -0.25) is 0 Å². The van der Waals surface area contributed by atoms with Crippen LogP contribution in [0.5, 0.6) is 11.5 Å². The maximum absolute atomic E-state index is 13.9. The van der Waals surface area contributed by atoms with Gasteiger partial charge in [0.15, 0.2) is 0 Å². The van der Waals surface area contributed by atoms with Crippen molar-refractivity contribution in [2.75, 3.05) is 0 Å². The van der Waals surface area contributed by atoms with E-state index >= 15 is 0 Å². The third kappa shape index (κ3) is 6.45. The summed E-state index contributed by atoms with van der Waals surface area (Å²) in [4.78, 5) is 0. The Kier molecular flexibility index (Phi) is 8.65. The van der Waals surface area contributed by atoms with Crippen molar-refractivity contribution in [1.82, 2.24) is 0 Å². The van der Waals surface area contributed by atoms with Crippen LogP contribution in [-0.4, -0.2) is 10.2 Å². The van der Waals surface area contributed by atoms with E-state index in [0.717, 1.165) is 97.1 Å². The van der Waals surface area contributed by atoms with Gasteiger partial charge in [0.1, 0.15) is 11.5 Å². The van der Waals surface area contributed by atoms with E-state index in [1.807, 2.05) is 0 Å². The van der Waals surface area contributed by atoms with Crippen LogP contribution >= 0.6 is 0 Å². The summed E-state index contributed by atoms with van der Waals surface area (Å²) in [5.41, 5.74) is -4.17. The van der Waals surface area contributed by atoms with Crippen molar-refractivity contribution in [2.24, 2.45) is 0 Å². The molecule has 0 amide bonds. The molecule has 0 radical (unpaired) electrons. The molecule has 0 aliphatic carbocycles. The number of hydrogen-bond donors (Lipinski definition) is 2. The number of aromatic hydroxyl groups is 2. The molecule has 0 saturated carbocycles. The number of alkyl halides is 12. The van der Waals surface area contributed by atoms with Crippen molar-refractivity contribution < 1.29 is 62.9 Å². The minimum Gasteiger partial charge on any atom is -0.508 e. The van der Waals surface area contributed by atoms with Gasteiger partial charge in [0, 0.05) is 16.5 Å². The Labute approximate surface area is 319 Å². The highest BCUT2D eigenvalue weighted by Gasteiger charge is 2.35. The van der Waals surface area contributed by atoms with Gasteiger partial charge in [-0.05, 0) is 121 Å². The summed E-state index contributed by atoms with van der Waals surface area (Å²) in [7, 11) is 0. The van der Waals surface area contributed by atoms with Crippen LogP contribution in [0.15, 0.2) is 121 Å². The summed E-state index contributed by atoms with van der Waals surface area (Å²) in [6.45, 7) is 0. The minimum atomic E-state index is -4.79. The van der Waals surface area contributed by atoms with Crippen molar-refractivity contribution in [3.8, 4) is 56.0 Å². The highest BCUT2D eigenvalue weighted by molar-refractivity contribution is 6.36. The van der Waals surface area contributed by atoms with Crippen LogP contribution in [0.25, 0.3) is 76.8 Å². The number of rotatable bonds is 4. The van der Waals surface area contributed by atoms with Gasteiger partial charge in [-0.2, -0.15) is 52.7 Å². The summed E-state index contributed by atoms with van der Waals surface area (Å²) in [6, 6.07) is 20.5. The summed E-state index contributed by atoms with van der Waals surface area (Å²) in [5.74, 6) is -0.939. The normalized spacial score (nSPS) is 13.0. The predicted octanol–water partition coefficient (Wildman–Crippen LogP) is 14.7. The predicted molar refractivity (Wildman–Crippen MR) is 195 cm³/mol. The molecule has 294 valence electrons. The Morgan fingerprint density at radius 1 is 0.310 bits per heavy atom. The molecule has 8 rings (SSSR count).